The lowest BCUT2D eigenvalue weighted by molar-refractivity contribution is -0.130. The van der Waals surface area contributed by atoms with Gasteiger partial charge in [0.25, 0.3) is 0 Å². The molecule has 2 aromatic rings. The summed E-state index contributed by atoms with van der Waals surface area (Å²) >= 11 is 0. The standard InChI is InChI=1S/C21H24N2O4/c1-22-19(24)18(14-6-4-8-16(12-14)26-2)23-20(25)21(10-11-21)15-7-5-9-17(13-15)27-3/h4-9,12-13,18H,10-11H2,1-3H3,(H,22,24)(H,23,25). The molecular weight excluding hydrogens is 344 g/mol. The quantitative estimate of drug-likeness (QED) is 0.786. The maximum Gasteiger partial charge on any atom is 0.246 e. The van der Waals surface area contributed by atoms with Crippen LogP contribution in [0, 0.1) is 0 Å². The minimum absolute atomic E-state index is 0.160. The van der Waals surface area contributed by atoms with Crippen molar-refractivity contribution in [2.24, 2.45) is 0 Å². The molecule has 142 valence electrons. The maximum atomic E-state index is 13.1. The van der Waals surface area contributed by atoms with E-state index in [2.05, 4.69) is 10.6 Å². The van der Waals surface area contributed by atoms with E-state index in [1.54, 1.807) is 45.5 Å². The molecule has 6 nitrogen and oxygen atoms in total. The molecule has 1 unspecified atom stereocenters. The van der Waals surface area contributed by atoms with Crippen LogP contribution in [0.15, 0.2) is 48.5 Å². The fraction of sp³-hybridized carbons (Fsp3) is 0.333. The number of benzene rings is 2. The lowest BCUT2D eigenvalue weighted by atomic mass is 9.93. The molecule has 1 aliphatic carbocycles. The third-order valence-corrected chi connectivity index (χ3v) is 5.02. The molecule has 27 heavy (non-hydrogen) atoms. The Morgan fingerprint density at radius 2 is 1.63 bits per heavy atom. The summed E-state index contributed by atoms with van der Waals surface area (Å²) < 4.78 is 10.5. The number of hydrogen-bond donors (Lipinski definition) is 2. The molecular formula is C21H24N2O4. The Bertz CT molecular complexity index is 846. The fourth-order valence-electron chi connectivity index (χ4n) is 3.23. The highest BCUT2D eigenvalue weighted by Crippen LogP contribution is 2.49. The Balaban J connectivity index is 1.87. The molecule has 0 radical (unpaired) electrons. The second-order valence-corrected chi connectivity index (χ2v) is 6.61. The molecule has 3 rings (SSSR count). The van der Waals surface area contributed by atoms with Crippen LogP contribution in [0.25, 0.3) is 0 Å². The van der Waals surface area contributed by atoms with Crippen molar-refractivity contribution >= 4 is 11.8 Å². The number of carbonyl (C=O) groups is 2. The molecule has 0 saturated heterocycles. The molecule has 1 aliphatic rings. The summed E-state index contributed by atoms with van der Waals surface area (Å²) in [5.41, 5.74) is 0.962. The Kier molecular flexibility index (Phi) is 5.35. The Hall–Kier alpha value is -3.02. The molecule has 2 amide bonds. The van der Waals surface area contributed by atoms with Crippen LogP contribution in [0.2, 0.25) is 0 Å². The van der Waals surface area contributed by atoms with Gasteiger partial charge >= 0.3 is 0 Å². The number of nitrogens with one attached hydrogen (secondary N) is 2. The van der Waals surface area contributed by atoms with Crippen LogP contribution in [0.4, 0.5) is 0 Å². The van der Waals surface area contributed by atoms with Crippen LogP contribution in [-0.4, -0.2) is 33.1 Å². The third-order valence-electron chi connectivity index (χ3n) is 5.02. The van der Waals surface area contributed by atoms with E-state index in [-0.39, 0.29) is 11.8 Å². The predicted molar refractivity (Wildman–Crippen MR) is 102 cm³/mol. The zero-order valence-corrected chi connectivity index (χ0v) is 15.7. The highest BCUT2D eigenvalue weighted by Gasteiger charge is 2.52. The highest BCUT2D eigenvalue weighted by molar-refractivity contribution is 5.95. The number of hydrogen-bond acceptors (Lipinski definition) is 4. The van der Waals surface area contributed by atoms with Gasteiger partial charge in [-0.05, 0) is 48.2 Å². The van der Waals surface area contributed by atoms with Gasteiger partial charge in [0.1, 0.15) is 17.5 Å². The second kappa shape index (κ2) is 7.70. The Labute approximate surface area is 158 Å². The normalized spacial score (nSPS) is 15.4. The monoisotopic (exact) mass is 368 g/mol. The Morgan fingerprint density at radius 3 is 2.22 bits per heavy atom. The van der Waals surface area contributed by atoms with Crippen LogP contribution in [0.3, 0.4) is 0 Å². The SMILES string of the molecule is CNC(=O)C(NC(=O)C1(c2cccc(OC)c2)CC1)c1cccc(OC)c1. The van der Waals surface area contributed by atoms with Gasteiger partial charge in [0.05, 0.1) is 19.6 Å². The summed E-state index contributed by atoms with van der Waals surface area (Å²) in [5, 5.41) is 5.55. The predicted octanol–water partition coefficient (Wildman–Crippen LogP) is 2.34. The third kappa shape index (κ3) is 3.74. The van der Waals surface area contributed by atoms with Gasteiger partial charge in [-0.15, -0.1) is 0 Å². The van der Waals surface area contributed by atoms with Crippen molar-refractivity contribution in [3.63, 3.8) is 0 Å². The molecule has 0 aromatic heterocycles. The fourth-order valence-corrected chi connectivity index (χ4v) is 3.23. The Morgan fingerprint density at radius 1 is 1.00 bits per heavy atom. The van der Waals surface area contributed by atoms with Gasteiger partial charge in [0, 0.05) is 7.05 Å². The van der Waals surface area contributed by atoms with Crippen molar-refractivity contribution < 1.29 is 19.1 Å². The van der Waals surface area contributed by atoms with Gasteiger partial charge in [0.2, 0.25) is 11.8 Å². The van der Waals surface area contributed by atoms with E-state index < -0.39 is 11.5 Å². The van der Waals surface area contributed by atoms with Crippen molar-refractivity contribution in [2.75, 3.05) is 21.3 Å². The summed E-state index contributed by atoms with van der Waals surface area (Å²) in [6, 6.07) is 13.9. The number of ether oxygens (including phenoxy) is 2. The molecule has 6 heteroatoms. The van der Waals surface area contributed by atoms with Crippen LogP contribution in [0.1, 0.15) is 30.0 Å². The molecule has 2 N–H and O–H groups in total. The lowest BCUT2D eigenvalue weighted by Crippen LogP contribution is -2.43. The summed E-state index contributed by atoms with van der Waals surface area (Å²) in [4.78, 5) is 25.6. The van der Waals surface area contributed by atoms with E-state index in [1.807, 2.05) is 24.3 Å². The lowest BCUT2D eigenvalue weighted by Gasteiger charge is -2.22. The average Bonchev–Trinajstić information content (AvgIpc) is 3.53. The van der Waals surface area contributed by atoms with Gasteiger partial charge in [-0.25, -0.2) is 0 Å². The summed E-state index contributed by atoms with van der Waals surface area (Å²) in [5.74, 6) is 0.900. The minimum Gasteiger partial charge on any atom is -0.497 e. The summed E-state index contributed by atoms with van der Waals surface area (Å²) in [6.45, 7) is 0. The van der Waals surface area contributed by atoms with E-state index in [4.69, 9.17) is 9.47 Å². The first-order valence-electron chi connectivity index (χ1n) is 8.85. The molecule has 0 heterocycles. The highest BCUT2D eigenvalue weighted by atomic mass is 16.5. The molecule has 1 atom stereocenters. The minimum atomic E-state index is -0.791. The van der Waals surface area contributed by atoms with Gasteiger partial charge in [0.15, 0.2) is 0 Å². The van der Waals surface area contributed by atoms with Gasteiger partial charge in [-0.2, -0.15) is 0 Å². The van der Waals surface area contributed by atoms with Crippen molar-refractivity contribution in [1.29, 1.82) is 0 Å². The maximum absolute atomic E-state index is 13.1. The van der Waals surface area contributed by atoms with E-state index >= 15 is 0 Å². The van der Waals surface area contributed by atoms with Crippen LogP contribution < -0.4 is 20.1 Å². The van der Waals surface area contributed by atoms with Crippen molar-refractivity contribution in [3.8, 4) is 11.5 Å². The topological polar surface area (TPSA) is 76.7 Å². The summed E-state index contributed by atoms with van der Waals surface area (Å²) in [6.07, 6.45) is 1.48. The first-order valence-corrected chi connectivity index (χ1v) is 8.85. The smallest absolute Gasteiger partial charge is 0.246 e. The molecule has 0 spiro atoms. The van der Waals surface area contributed by atoms with Crippen molar-refractivity contribution in [3.05, 3.63) is 59.7 Å². The average molecular weight is 368 g/mol. The summed E-state index contributed by atoms with van der Waals surface area (Å²) in [7, 11) is 4.72. The second-order valence-electron chi connectivity index (χ2n) is 6.61. The van der Waals surface area contributed by atoms with E-state index in [0.717, 1.165) is 18.4 Å². The van der Waals surface area contributed by atoms with Crippen molar-refractivity contribution in [1.82, 2.24) is 10.6 Å². The molecule has 0 bridgehead atoms. The van der Waals surface area contributed by atoms with Crippen LogP contribution in [-0.2, 0) is 15.0 Å². The van der Waals surface area contributed by atoms with Crippen LogP contribution >= 0.6 is 0 Å². The zero-order valence-electron chi connectivity index (χ0n) is 15.7. The molecule has 2 aromatic carbocycles. The largest absolute Gasteiger partial charge is 0.497 e. The van der Waals surface area contributed by atoms with E-state index in [9.17, 15) is 9.59 Å². The van der Waals surface area contributed by atoms with Gasteiger partial charge < -0.3 is 20.1 Å². The first-order chi connectivity index (χ1) is 13.0. The first kappa shape index (κ1) is 18.8. The molecule has 1 fully saturated rings. The zero-order chi connectivity index (χ0) is 19.4. The van der Waals surface area contributed by atoms with Crippen molar-refractivity contribution in [2.45, 2.75) is 24.3 Å². The van der Waals surface area contributed by atoms with Gasteiger partial charge in [-0.1, -0.05) is 24.3 Å². The molecule has 1 saturated carbocycles. The number of methoxy groups -OCH3 is 2. The van der Waals surface area contributed by atoms with Gasteiger partial charge in [-0.3, -0.25) is 9.59 Å². The number of rotatable bonds is 7. The van der Waals surface area contributed by atoms with E-state index in [1.165, 1.54) is 0 Å². The van der Waals surface area contributed by atoms with E-state index in [0.29, 0.717) is 17.1 Å². The number of carbonyl (C=O) groups excluding carboxylic acids is 2. The van der Waals surface area contributed by atoms with Crippen LogP contribution in [0.5, 0.6) is 11.5 Å². The number of likely N-dealkylation sites (N-methyl/N-ethyl adjacent to an activating group) is 1. The number of amides is 2. The molecule has 0 aliphatic heterocycles.